The Morgan fingerprint density at radius 2 is 1.92 bits per heavy atom. The molecule has 0 unspecified atom stereocenters. The van der Waals surface area contributed by atoms with Gasteiger partial charge in [0.1, 0.15) is 0 Å². The molecule has 0 atom stereocenters. The van der Waals surface area contributed by atoms with Gasteiger partial charge in [-0.3, -0.25) is 9.59 Å². The number of pyridine rings is 1. The lowest BCUT2D eigenvalue weighted by atomic mass is 10.0. The second kappa shape index (κ2) is 8.72. The Kier molecular flexibility index (Phi) is 6.12. The highest BCUT2D eigenvalue weighted by Crippen LogP contribution is 2.21. The van der Waals surface area contributed by atoms with E-state index >= 15 is 0 Å². The largest absolute Gasteiger partial charge is 0.325 e. The quantitative estimate of drug-likeness (QED) is 0.653. The maximum Gasteiger partial charge on any atom is 0.248 e. The number of rotatable bonds is 7. The predicted molar refractivity (Wildman–Crippen MR) is 110 cm³/mol. The topological polar surface area (TPSA) is 62.0 Å². The second-order valence-electron chi connectivity index (χ2n) is 6.20. The molecule has 134 valence electrons. The zero-order chi connectivity index (χ0) is 18.4. The number of aromatic nitrogens is 1. The first-order chi connectivity index (χ1) is 12.7. The van der Waals surface area contributed by atoms with Gasteiger partial charge in [-0.2, -0.15) is 0 Å². The van der Waals surface area contributed by atoms with Gasteiger partial charge in [0, 0.05) is 22.9 Å². The van der Waals surface area contributed by atoms with E-state index < -0.39 is 0 Å². The highest BCUT2D eigenvalue weighted by molar-refractivity contribution is 7.99. The number of carbonyl (C=O) groups excluding carboxylic acids is 1. The molecule has 0 radical (unpaired) electrons. The maximum absolute atomic E-state index is 12.2. The molecule has 0 saturated heterocycles. The Balaban J connectivity index is 1.65. The van der Waals surface area contributed by atoms with Crippen LogP contribution in [0.2, 0.25) is 0 Å². The van der Waals surface area contributed by atoms with E-state index in [0.717, 1.165) is 35.1 Å². The second-order valence-corrected chi connectivity index (χ2v) is 7.18. The number of benzene rings is 2. The molecule has 1 heterocycles. The van der Waals surface area contributed by atoms with Gasteiger partial charge in [0.05, 0.1) is 11.3 Å². The van der Waals surface area contributed by atoms with Gasteiger partial charge in [-0.1, -0.05) is 49.7 Å². The van der Waals surface area contributed by atoms with Crippen LogP contribution in [-0.4, -0.2) is 16.6 Å². The van der Waals surface area contributed by atoms with Gasteiger partial charge in [0.2, 0.25) is 11.5 Å². The molecule has 0 saturated carbocycles. The van der Waals surface area contributed by atoms with E-state index in [4.69, 9.17) is 0 Å². The molecule has 0 aliphatic rings. The van der Waals surface area contributed by atoms with Crippen LogP contribution >= 0.6 is 11.8 Å². The molecule has 0 aliphatic carbocycles. The summed E-state index contributed by atoms with van der Waals surface area (Å²) < 4.78 is 0. The standard InChI is InChI=1S/C21H22N2O2S/c1-2-6-16-11-20(24)23-19-12-17(9-10-18(16)19)22-21(25)14-26-13-15-7-4-3-5-8-15/h3-5,7-12H,2,6,13-14H2,1H3,(H,22,25)(H,23,24). The molecule has 3 rings (SSSR count). The molecule has 4 nitrogen and oxygen atoms in total. The van der Waals surface area contributed by atoms with Crippen molar-refractivity contribution in [2.75, 3.05) is 11.1 Å². The lowest BCUT2D eigenvalue weighted by Crippen LogP contribution is -2.14. The summed E-state index contributed by atoms with van der Waals surface area (Å²) in [4.78, 5) is 26.9. The smallest absolute Gasteiger partial charge is 0.248 e. The molecule has 1 amide bonds. The third-order valence-corrected chi connectivity index (χ3v) is 5.08. The first-order valence-corrected chi connectivity index (χ1v) is 9.88. The van der Waals surface area contributed by atoms with Gasteiger partial charge in [0.25, 0.3) is 0 Å². The fraction of sp³-hybridized carbons (Fsp3) is 0.238. The number of hydrogen-bond donors (Lipinski definition) is 2. The number of aromatic amines is 1. The molecule has 0 aliphatic heterocycles. The van der Waals surface area contributed by atoms with E-state index in [9.17, 15) is 9.59 Å². The summed E-state index contributed by atoms with van der Waals surface area (Å²) in [5.41, 5.74) is 3.60. The third-order valence-electron chi connectivity index (χ3n) is 4.08. The van der Waals surface area contributed by atoms with Crippen LogP contribution in [0.1, 0.15) is 24.5 Å². The highest BCUT2D eigenvalue weighted by atomic mass is 32.2. The predicted octanol–water partition coefficient (Wildman–Crippen LogP) is 4.35. The summed E-state index contributed by atoms with van der Waals surface area (Å²) in [7, 11) is 0. The van der Waals surface area contributed by atoms with Crippen molar-refractivity contribution >= 4 is 34.3 Å². The van der Waals surface area contributed by atoms with E-state index in [2.05, 4.69) is 29.4 Å². The lowest BCUT2D eigenvalue weighted by molar-refractivity contribution is -0.113. The summed E-state index contributed by atoms with van der Waals surface area (Å²) in [6, 6.07) is 17.4. The van der Waals surface area contributed by atoms with Crippen molar-refractivity contribution in [3.63, 3.8) is 0 Å². The van der Waals surface area contributed by atoms with Gasteiger partial charge >= 0.3 is 0 Å². The summed E-state index contributed by atoms with van der Waals surface area (Å²) in [6.07, 6.45) is 1.85. The van der Waals surface area contributed by atoms with Crippen LogP contribution in [0.4, 0.5) is 5.69 Å². The Hall–Kier alpha value is -2.53. The lowest BCUT2D eigenvalue weighted by Gasteiger charge is -2.09. The van der Waals surface area contributed by atoms with Crippen molar-refractivity contribution in [3.05, 3.63) is 76.1 Å². The van der Waals surface area contributed by atoms with Crippen molar-refractivity contribution in [2.24, 2.45) is 0 Å². The van der Waals surface area contributed by atoms with Crippen LogP contribution in [0.3, 0.4) is 0 Å². The van der Waals surface area contributed by atoms with Crippen molar-refractivity contribution in [1.29, 1.82) is 0 Å². The SMILES string of the molecule is CCCc1cc(=O)[nH]c2cc(NC(=O)CSCc3ccccc3)ccc12. The number of fused-ring (bicyclic) bond motifs is 1. The number of carbonyl (C=O) groups is 1. The van der Waals surface area contributed by atoms with Gasteiger partial charge in [0.15, 0.2) is 0 Å². The van der Waals surface area contributed by atoms with Crippen LogP contribution in [0.15, 0.2) is 59.4 Å². The number of nitrogens with one attached hydrogen (secondary N) is 2. The molecular weight excluding hydrogens is 344 g/mol. The molecule has 0 spiro atoms. The van der Waals surface area contributed by atoms with Crippen molar-refractivity contribution < 1.29 is 4.79 Å². The summed E-state index contributed by atoms with van der Waals surface area (Å²) in [6.45, 7) is 2.09. The van der Waals surface area contributed by atoms with E-state index in [1.807, 2.05) is 36.4 Å². The van der Waals surface area contributed by atoms with Crippen molar-refractivity contribution in [2.45, 2.75) is 25.5 Å². The summed E-state index contributed by atoms with van der Waals surface area (Å²) >= 11 is 1.58. The first kappa shape index (κ1) is 18.3. The number of anilines is 1. The summed E-state index contributed by atoms with van der Waals surface area (Å²) in [5.74, 6) is 1.15. The maximum atomic E-state index is 12.2. The Bertz CT molecular complexity index is 951. The zero-order valence-corrected chi connectivity index (χ0v) is 15.6. The van der Waals surface area contributed by atoms with Crippen LogP contribution in [0.5, 0.6) is 0 Å². The number of aryl methyl sites for hydroxylation is 1. The molecule has 0 bridgehead atoms. The van der Waals surface area contributed by atoms with Crippen LogP contribution in [-0.2, 0) is 17.0 Å². The number of amides is 1. The normalized spacial score (nSPS) is 10.8. The van der Waals surface area contributed by atoms with Gasteiger partial charge < -0.3 is 10.3 Å². The zero-order valence-electron chi connectivity index (χ0n) is 14.7. The third kappa shape index (κ3) is 4.76. The number of thioether (sulfide) groups is 1. The van der Waals surface area contributed by atoms with Gasteiger partial charge in [-0.15, -0.1) is 11.8 Å². The Morgan fingerprint density at radius 1 is 1.12 bits per heavy atom. The van der Waals surface area contributed by atoms with Gasteiger partial charge in [-0.05, 0) is 29.7 Å². The molecule has 1 aromatic heterocycles. The number of H-pyrrole nitrogens is 1. The van der Waals surface area contributed by atoms with E-state index in [1.54, 1.807) is 17.8 Å². The monoisotopic (exact) mass is 366 g/mol. The minimum atomic E-state index is -0.108. The molecule has 2 N–H and O–H groups in total. The van der Waals surface area contributed by atoms with E-state index in [-0.39, 0.29) is 11.5 Å². The molecule has 26 heavy (non-hydrogen) atoms. The van der Waals surface area contributed by atoms with Gasteiger partial charge in [-0.25, -0.2) is 0 Å². The average molecular weight is 366 g/mol. The molecular formula is C21H22N2O2S. The van der Waals surface area contributed by atoms with Crippen LogP contribution < -0.4 is 10.9 Å². The van der Waals surface area contributed by atoms with E-state index in [0.29, 0.717) is 11.4 Å². The molecule has 2 aromatic carbocycles. The average Bonchev–Trinajstić information content (AvgIpc) is 2.62. The Labute approximate surface area is 157 Å². The van der Waals surface area contributed by atoms with Crippen molar-refractivity contribution in [3.8, 4) is 0 Å². The molecule has 3 aromatic rings. The summed E-state index contributed by atoms with van der Waals surface area (Å²) in [5, 5.41) is 3.94. The minimum absolute atomic E-state index is 0.0441. The number of hydrogen-bond acceptors (Lipinski definition) is 3. The fourth-order valence-electron chi connectivity index (χ4n) is 2.92. The first-order valence-electron chi connectivity index (χ1n) is 8.73. The fourth-order valence-corrected chi connectivity index (χ4v) is 3.71. The van der Waals surface area contributed by atoms with Crippen molar-refractivity contribution in [1.82, 2.24) is 4.98 Å². The highest BCUT2D eigenvalue weighted by Gasteiger charge is 2.07. The molecule has 5 heteroatoms. The molecule has 0 fully saturated rings. The van der Waals surface area contributed by atoms with Crippen LogP contribution in [0.25, 0.3) is 10.9 Å². The van der Waals surface area contributed by atoms with Crippen LogP contribution in [0, 0.1) is 0 Å². The Morgan fingerprint density at radius 3 is 2.69 bits per heavy atom. The minimum Gasteiger partial charge on any atom is -0.325 e. The van der Waals surface area contributed by atoms with E-state index in [1.165, 1.54) is 5.56 Å².